The third-order valence-electron chi connectivity index (χ3n) is 4.29. The van der Waals surface area contributed by atoms with Crippen molar-refractivity contribution in [3.8, 4) is 0 Å². The van der Waals surface area contributed by atoms with E-state index in [0.29, 0.717) is 0 Å². The number of fused-ring (bicyclic) bond motifs is 2. The molecule has 0 aromatic heterocycles. The molecule has 0 aliphatic carbocycles. The number of hydrogen-bond acceptors (Lipinski definition) is 0. The molecule has 24 heavy (non-hydrogen) atoms. The Hall–Kier alpha value is -1.46. The van der Waals surface area contributed by atoms with Gasteiger partial charge in [-0.2, -0.15) is 12.1 Å². The van der Waals surface area contributed by atoms with E-state index in [1.165, 1.54) is 39.1 Å². The van der Waals surface area contributed by atoms with E-state index >= 15 is 0 Å². The second-order valence-electron chi connectivity index (χ2n) is 5.84. The van der Waals surface area contributed by atoms with Crippen LogP contribution in [-0.4, -0.2) is 0 Å². The van der Waals surface area contributed by atoms with E-state index in [0.717, 1.165) is 12.8 Å². The SMILES string of the molecule is [CH3-].[CH3-].[Zr+4].c1ccc2[cH-]c(CCCc3cc4ccccc4[cH-]3)cc2c1. The monoisotopic (exact) mass is 390 g/mol. The molecule has 0 heterocycles. The van der Waals surface area contributed by atoms with Gasteiger partial charge in [-0.3, -0.25) is 0 Å². The van der Waals surface area contributed by atoms with Crippen LogP contribution in [0.1, 0.15) is 17.5 Å². The molecular formula is C23H24Zr. The number of rotatable bonds is 4. The fraction of sp³-hybridized carbons (Fsp3) is 0.130. The second kappa shape index (κ2) is 9.14. The maximum atomic E-state index is 2.33. The van der Waals surface area contributed by atoms with Crippen molar-refractivity contribution in [1.29, 1.82) is 0 Å². The van der Waals surface area contributed by atoms with Gasteiger partial charge in [0.15, 0.2) is 0 Å². The van der Waals surface area contributed by atoms with Gasteiger partial charge < -0.3 is 14.9 Å². The Morgan fingerprint density at radius 1 is 0.625 bits per heavy atom. The molecule has 0 N–H and O–H groups in total. The first-order valence-electron chi connectivity index (χ1n) is 7.67. The average Bonchev–Trinajstić information content (AvgIpc) is 3.09. The standard InChI is InChI=1S/C21H18.2CH3.Zr/c1-2-9-19-13-16(12-18(19)8-1)6-5-7-17-14-20-10-3-4-11-21(20)15-17;;;/h1-4,8-15H,5-7H2;2*1H3;/q-2;2*-1;+4. The molecule has 0 saturated carbocycles. The maximum absolute atomic E-state index is 2.33. The minimum absolute atomic E-state index is 0. The summed E-state index contributed by atoms with van der Waals surface area (Å²) in [6.45, 7) is 0. The summed E-state index contributed by atoms with van der Waals surface area (Å²) in [5.41, 5.74) is 2.93. The fourth-order valence-electron chi connectivity index (χ4n) is 3.22. The molecule has 0 spiro atoms. The fourth-order valence-corrected chi connectivity index (χ4v) is 3.22. The minimum Gasteiger partial charge on any atom is -0.358 e. The van der Waals surface area contributed by atoms with E-state index < -0.39 is 0 Å². The molecule has 0 bridgehead atoms. The minimum atomic E-state index is 0. The zero-order valence-corrected chi connectivity index (χ0v) is 17.0. The molecule has 0 fully saturated rings. The number of aryl methyl sites for hydroxylation is 2. The van der Waals surface area contributed by atoms with E-state index in [4.69, 9.17) is 0 Å². The first kappa shape index (κ1) is 20.6. The summed E-state index contributed by atoms with van der Waals surface area (Å²) >= 11 is 0. The van der Waals surface area contributed by atoms with Crippen molar-refractivity contribution >= 4 is 21.5 Å². The summed E-state index contributed by atoms with van der Waals surface area (Å²) in [5, 5.41) is 5.47. The third-order valence-corrected chi connectivity index (χ3v) is 4.29. The molecule has 120 valence electrons. The van der Waals surface area contributed by atoms with Crippen molar-refractivity contribution in [3.63, 3.8) is 0 Å². The summed E-state index contributed by atoms with van der Waals surface area (Å²) < 4.78 is 0. The molecular weight excluding hydrogens is 367 g/mol. The number of hydrogen-bond donors (Lipinski definition) is 0. The van der Waals surface area contributed by atoms with Gasteiger partial charge in [-0.25, -0.2) is 0 Å². The van der Waals surface area contributed by atoms with Crippen LogP contribution in [0.3, 0.4) is 0 Å². The van der Waals surface area contributed by atoms with Crippen molar-refractivity contribution in [3.05, 3.63) is 98.8 Å². The van der Waals surface area contributed by atoms with Gasteiger partial charge in [0, 0.05) is 0 Å². The zero-order chi connectivity index (χ0) is 14.1. The van der Waals surface area contributed by atoms with Crippen molar-refractivity contribution in [2.75, 3.05) is 0 Å². The van der Waals surface area contributed by atoms with Gasteiger partial charge in [0.2, 0.25) is 0 Å². The average molecular weight is 392 g/mol. The smallest absolute Gasteiger partial charge is 0.358 e. The van der Waals surface area contributed by atoms with Crippen LogP contribution in [0, 0.1) is 14.9 Å². The predicted molar refractivity (Wildman–Crippen MR) is 104 cm³/mol. The van der Waals surface area contributed by atoms with Crippen molar-refractivity contribution < 1.29 is 26.2 Å². The van der Waals surface area contributed by atoms with Gasteiger partial charge >= 0.3 is 26.2 Å². The summed E-state index contributed by atoms with van der Waals surface area (Å²) in [6.07, 6.45) is 3.54. The van der Waals surface area contributed by atoms with Crippen LogP contribution < -0.4 is 0 Å². The predicted octanol–water partition coefficient (Wildman–Crippen LogP) is 6.50. The first-order chi connectivity index (χ1) is 10.4. The Kier molecular flexibility index (Phi) is 7.84. The van der Waals surface area contributed by atoms with E-state index in [9.17, 15) is 0 Å². The van der Waals surface area contributed by atoms with Crippen molar-refractivity contribution in [1.82, 2.24) is 0 Å². The van der Waals surface area contributed by atoms with Crippen LogP contribution in [0.25, 0.3) is 21.5 Å². The molecule has 0 amide bonds. The van der Waals surface area contributed by atoms with Gasteiger partial charge in [0.05, 0.1) is 0 Å². The van der Waals surface area contributed by atoms with Gasteiger partial charge in [0.25, 0.3) is 0 Å². The van der Waals surface area contributed by atoms with Crippen molar-refractivity contribution in [2.45, 2.75) is 19.3 Å². The molecule has 4 aromatic rings. The normalized spacial score (nSPS) is 10.0. The Balaban J connectivity index is 0.000000960. The molecule has 4 rings (SSSR count). The zero-order valence-electron chi connectivity index (χ0n) is 14.5. The molecule has 1 heteroatoms. The molecule has 4 aromatic carbocycles. The molecule has 0 saturated heterocycles. The summed E-state index contributed by atoms with van der Waals surface area (Å²) in [5.74, 6) is 0. The van der Waals surface area contributed by atoms with E-state index in [1.807, 2.05) is 0 Å². The van der Waals surface area contributed by atoms with Crippen LogP contribution in [-0.2, 0) is 39.0 Å². The Morgan fingerprint density at radius 2 is 1.04 bits per heavy atom. The molecule has 0 aliphatic heterocycles. The largest absolute Gasteiger partial charge is 4.00 e. The Bertz CT molecular complexity index is 739. The van der Waals surface area contributed by atoms with Crippen molar-refractivity contribution in [2.24, 2.45) is 0 Å². The van der Waals surface area contributed by atoms with Gasteiger partial charge in [0.1, 0.15) is 0 Å². The maximum Gasteiger partial charge on any atom is 4.00 e. The van der Waals surface area contributed by atoms with Crippen LogP contribution >= 0.6 is 0 Å². The Labute approximate surface area is 165 Å². The van der Waals surface area contributed by atoms with Gasteiger partial charge in [-0.15, -0.1) is 81.2 Å². The summed E-state index contributed by atoms with van der Waals surface area (Å²) in [4.78, 5) is 0. The van der Waals surface area contributed by atoms with Crippen LogP contribution in [0.5, 0.6) is 0 Å². The van der Waals surface area contributed by atoms with Crippen LogP contribution in [0.4, 0.5) is 0 Å². The van der Waals surface area contributed by atoms with Crippen LogP contribution in [0.15, 0.2) is 72.8 Å². The summed E-state index contributed by atoms with van der Waals surface area (Å²) in [7, 11) is 0. The van der Waals surface area contributed by atoms with E-state index in [-0.39, 0.29) is 41.1 Å². The molecule has 0 aliphatic rings. The Morgan fingerprint density at radius 3 is 1.46 bits per heavy atom. The molecule has 0 nitrogen and oxygen atoms in total. The van der Waals surface area contributed by atoms with Crippen LogP contribution in [0.2, 0.25) is 0 Å². The quantitative estimate of drug-likeness (QED) is 0.348. The number of benzene rings is 2. The van der Waals surface area contributed by atoms with E-state index in [1.54, 1.807) is 0 Å². The summed E-state index contributed by atoms with van der Waals surface area (Å²) in [6, 6.07) is 26.6. The van der Waals surface area contributed by atoms with Gasteiger partial charge in [-0.05, 0) is 19.3 Å². The molecule has 0 radical (unpaired) electrons. The van der Waals surface area contributed by atoms with E-state index in [2.05, 4.69) is 72.8 Å². The third kappa shape index (κ3) is 4.34. The van der Waals surface area contributed by atoms with Gasteiger partial charge in [-0.1, -0.05) is 12.1 Å². The molecule has 0 atom stereocenters. The second-order valence-corrected chi connectivity index (χ2v) is 5.84. The molecule has 0 unspecified atom stereocenters. The first-order valence-corrected chi connectivity index (χ1v) is 7.67. The topological polar surface area (TPSA) is 0 Å².